The number of amides is 1. The van der Waals surface area contributed by atoms with Gasteiger partial charge in [-0.25, -0.2) is 14.8 Å². The van der Waals surface area contributed by atoms with Crippen LogP contribution in [0.5, 0.6) is 0 Å². The van der Waals surface area contributed by atoms with Crippen LogP contribution in [0.4, 0.5) is 19.5 Å². The molecular formula is C30H40F2N6O3SSi. The molecule has 232 valence electrons. The van der Waals surface area contributed by atoms with Gasteiger partial charge in [0.15, 0.2) is 0 Å². The molecule has 0 saturated carbocycles. The smallest absolute Gasteiger partial charge is 0.410 e. The van der Waals surface area contributed by atoms with E-state index in [0.29, 0.717) is 48.3 Å². The van der Waals surface area contributed by atoms with Crippen LogP contribution in [0.3, 0.4) is 0 Å². The summed E-state index contributed by atoms with van der Waals surface area (Å²) in [6.45, 7) is 14.2. The van der Waals surface area contributed by atoms with Crippen LogP contribution >= 0.6 is 11.8 Å². The van der Waals surface area contributed by atoms with E-state index in [-0.39, 0.29) is 29.7 Å². The van der Waals surface area contributed by atoms with Crippen molar-refractivity contribution in [3.63, 3.8) is 0 Å². The van der Waals surface area contributed by atoms with Crippen molar-refractivity contribution in [2.45, 2.75) is 88.3 Å². The lowest BCUT2D eigenvalue weighted by atomic mass is 10.1. The highest BCUT2D eigenvalue weighted by Gasteiger charge is 2.28. The average Bonchev–Trinajstić information content (AvgIpc) is 3.28. The van der Waals surface area contributed by atoms with E-state index >= 15 is 0 Å². The molecule has 1 aliphatic rings. The first-order chi connectivity index (χ1) is 20.2. The predicted molar refractivity (Wildman–Crippen MR) is 168 cm³/mol. The number of ether oxygens (including phenoxy) is 2. The van der Waals surface area contributed by atoms with E-state index in [4.69, 9.17) is 14.5 Å². The lowest BCUT2D eigenvalue weighted by molar-refractivity contribution is 0.0206. The molecule has 1 N–H and O–H groups in total. The van der Waals surface area contributed by atoms with Gasteiger partial charge >= 0.3 is 6.09 Å². The van der Waals surface area contributed by atoms with Crippen molar-refractivity contribution >= 4 is 42.8 Å². The lowest BCUT2D eigenvalue weighted by Gasteiger charge is -2.34. The van der Waals surface area contributed by atoms with E-state index in [1.54, 1.807) is 17.0 Å². The number of nitrogens with one attached hydrogen (secondary N) is 1. The third-order valence-corrected chi connectivity index (χ3v) is 9.31. The van der Waals surface area contributed by atoms with Crippen molar-refractivity contribution in [2.24, 2.45) is 0 Å². The molecule has 0 aliphatic carbocycles. The average molecular weight is 631 g/mol. The number of carbonyl (C=O) groups excluding carboxylic acids is 1. The number of aromatic nitrogens is 3. The fourth-order valence-corrected chi connectivity index (χ4v) is 6.11. The minimum atomic E-state index is -2.66. The Hall–Kier alpha value is -3.21. The Labute approximate surface area is 257 Å². The summed E-state index contributed by atoms with van der Waals surface area (Å²) in [5.41, 5.74) is 1.64. The first kappa shape index (κ1) is 32.7. The van der Waals surface area contributed by atoms with Crippen LogP contribution in [-0.2, 0) is 16.2 Å². The highest BCUT2D eigenvalue weighted by Crippen LogP contribution is 2.38. The standard InChI is InChI=1S/C30H40F2N6O3SSi/c1-30(2,3)41-29(39)37-11-7-8-21(17-37)35-28-34-16-25(42-27(31)32)26(36-28)23-18-38(19-40-12-13-43(4,5)6)24-14-20(15-33)9-10-22(23)24/h9-10,14,16,18,21,27H,7-8,11-13,17,19H2,1-6H3,(H,34,35,36)/t21-/m0/s1. The number of nitriles is 1. The van der Waals surface area contributed by atoms with Gasteiger partial charge in [-0.15, -0.1) is 0 Å². The van der Waals surface area contributed by atoms with Gasteiger partial charge in [0.1, 0.15) is 12.3 Å². The molecule has 0 spiro atoms. The number of benzene rings is 1. The number of anilines is 1. The molecule has 0 bridgehead atoms. The zero-order valence-electron chi connectivity index (χ0n) is 25.6. The molecule has 4 rings (SSSR count). The Morgan fingerprint density at radius 3 is 2.74 bits per heavy atom. The van der Waals surface area contributed by atoms with Gasteiger partial charge in [0, 0.05) is 57.2 Å². The molecule has 1 atom stereocenters. The Morgan fingerprint density at radius 1 is 1.30 bits per heavy atom. The Balaban J connectivity index is 1.65. The number of piperidine rings is 1. The quantitative estimate of drug-likeness (QED) is 0.140. The zero-order valence-corrected chi connectivity index (χ0v) is 27.4. The minimum absolute atomic E-state index is 0.137. The first-order valence-electron chi connectivity index (χ1n) is 14.4. The van der Waals surface area contributed by atoms with E-state index in [0.717, 1.165) is 29.8 Å². The van der Waals surface area contributed by atoms with Crippen molar-refractivity contribution in [1.82, 2.24) is 19.4 Å². The van der Waals surface area contributed by atoms with Gasteiger partial charge in [0.25, 0.3) is 5.76 Å². The summed E-state index contributed by atoms with van der Waals surface area (Å²) in [5.74, 6) is -2.38. The molecule has 1 aliphatic heterocycles. The Morgan fingerprint density at radius 2 is 2.07 bits per heavy atom. The number of carbonyl (C=O) groups is 1. The molecule has 13 heteroatoms. The third kappa shape index (κ3) is 9.14. The van der Waals surface area contributed by atoms with Gasteiger partial charge in [0.2, 0.25) is 5.95 Å². The summed E-state index contributed by atoms with van der Waals surface area (Å²) in [6, 6.07) is 8.33. The minimum Gasteiger partial charge on any atom is -0.444 e. The number of fused-ring (bicyclic) bond motifs is 1. The van der Waals surface area contributed by atoms with Crippen LogP contribution in [0, 0.1) is 11.3 Å². The molecule has 1 amide bonds. The summed E-state index contributed by atoms with van der Waals surface area (Å²) in [4.78, 5) is 23.6. The first-order valence-corrected chi connectivity index (χ1v) is 19.0. The normalized spacial score (nSPS) is 16.0. The fraction of sp³-hybridized carbons (Fsp3) is 0.533. The predicted octanol–water partition coefficient (Wildman–Crippen LogP) is 7.41. The van der Waals surface area contributed by atoms with Crippen molar-refractivity contribution in [1.29, 1.82) is 5.26 Å². The lowest BCUT2D eigenvalue weighted by Crippen LogP contribution is -2.47. The van der Waals surface area contributed by atoms with Crippen LogP contribution in [0.15, 0.2) is 35.5 Å². The van der Waals surface area contributed by atoms with E-state index < -0.39 is 19.4 Å². The van der Waals surface area contributed by atoms with Crippen LogP contribution in [-0.4, -0.2) is 70.7 Å². The Kier molecular flexibility index (Phi) is 10.3. The van der Waals surface area contributed by atoms with Gasteiger partial charge in [-0.2, -0.15) is 14.0 Å². The zero-order chi connectivity index (χ0) is 31.4. The van der Waals surface area contributed by atoms with E-state index in [9.17, 15) is 18.8 Å². The van der Waals surface area contributed by atoms with Gasteiger partial charge in [0.05, 0.1) is 27.7 Å². The molecule has 0 unspecified atom stereocenters. The van der Waals surface area contributed by atoms with E-state index in [2.05, 4.69) is 36.0 Å². The molecule has 1 fully saturated rings. The van der Waals surface area contributed by atoms with Crippen molar-refractivity contribution in [3.05, 3.63) is 36.2 Å². The monoisotopic (exact) mass is 630 g/mol. The van der Waals surface area contributed by atoms with Crippen LogP contribution in [0.1, 0.15) is 39.2 Å². The van der Waals surface area contributed by atoms with Gasteiger partial charge < -0.3 is 24.3 Å². The molecule has 43 heavy (non-hydrogen) atoms. The van der Waals surface area contributed by atoms with Gasteiger partial charge in [-0.3, -0.25) is 0 Å². The number of halogens is 2. The number of hydrogen-bond acceptors (Lipinski definition) is 8. The summed E-state index contributed by atoms with van der Waals surface area (Å²) in [6.07, 6.45) is 4.44. The third-order valence-electron chi connectivity index (χ3n) is 6.87. The number of rotatable bonds is 10. The molecule has 1 aromatic carbocycles. The maximum absolute atomic E-state index is 13.6. The topological polar surface area (TPSA) is 105 Å². The van der Waals surface area contributed by atoms with Crippen LogP contribution < -0.4 is 5.32 Å². The summed E-state index contributed by atoms with van der Waals surface area (Å²) in [5, 5.41) is 13.6. The van der Waals surface area contributed by atoms with Crippen molar-refractivity contribution < 1.29 is 23.0 Å². The summed E-state index contributed by atoms with van der Waals surface area (Å²) >= 11 is 0.390. The maximum Gasteiger partial charge on any atom is 0.410 e. The van der Waals surface area contributed by atoms with E-state index in [1.807, 2.05) is 37.6 Å². The van der Waals surface area contributed by atoms with Crippen molar-refractivity contribution in [2.75, 3.05) is 25.0 Å². The second-order valence-corrected chi connectivity index (χ2v) is 19.6. The van der Waals surface area contributed by atoms with Gasteiger partial charge in [-0.05, 0) is 51.8 Å². The molecule has 3 aromatic rings. The summed E-state index contributed by atoms with van der Waals surface area (Å²) < 4.78 is 40.7. The Bertz CT molecular complexity index is 1480. The highest BCUT2D eigenvalue weighted by atomic mass is 32.2. The van der Waals surface area contributed by atoms with Crippen LogP contribution in [0.2, 0.25) is 25.7 Å². The highest BCUT2D eigenvalue weighted by molar-refractivity contribution is 7.99. The summed E-state index contributed by atoms with van der Waals surface area (Å²) in [7, 11) is -1.28. The molecule has 3 heterocycles. The second kappa shape index (κ2) is 13.6. The number of likely N-dealkylation sites (tertiary alicyclic amines) is 1. The fourth-order valence-electron chi connectivity index (χ4n) is 4.78. The number of thioether (sulfide) groups is 1. The molecule has 9 nitrogen and oxygen atoms in total. The molecule has 2 aromatic heterocycles. The number of nitrogens with zero attached hydrogens (tertiary/aromatic N) is 5. The SMILES string of the molecule is CC(C)(C)OC(=O)N1CCC[C@H](Nc2ncc(SC(F)F)c(-c3cn(COCC[Si](C)(C)C)c4cc(C#N)ccc34)n2)C1. The molecular weight excluding hydrogens is 591 g/mol. The van der Waals surface area contributed by atoms with Gasteiger partial charge in [-0.1, -0.05) is 37.5 Å². The van der Waals surface area contributed by atoms with E-state index in [1.165, 1.54) is 6.20 Å². The number of hydrogen-bond donors (Lipinski definition) is 1. The number of alkyl halides is 2. The maximum atomic E-state index is 13.6. The molecule has 0 radical (unpaired) electrons. The largest absolute Gasteiger partial charge is 0.444 e. The van der Waals surface area contributed by atoms with Crippen LogP contribution in [0.25, 0.3) is 22.2 Å². The van der Waals surface area contributed by atoms with Crippen molar-refractivity contribution in [3.8, 4) is 17.3 Å². The molecule has 1 saturated heterocycles. The second-order valence-electron chi connectivity index (χ2n) is 12.9.